The molecule has 1 aromatic carbocycles. The highest BCUT2D eigenvalue weighted by atomic mass is 79.9. The average Bonchev–Trinajstić information content (AvgIpc) is 2.28. The Kier molecular flexibility index (Phi) is 4.95. The zero-order chi connectivity index (χ0) is 14.6. The first-order valence-electron chi connectivity index (χ1n) is 5.25. The number of rotatable bonds is 3. The summed E-state index contributed by atoms with van der Waals surface area (Å²) in [7, 11) is 0. The van der Waals surface area contributed by atoms with Crippen molar-refractivity contribution in [2.45, 2.75) is 19.5 Å². The smallest absolute Gasteiger partial charge is 0.416 e. The maximum atomic E-state index is 12.9. The van der Waals surface area contributed by atoms with E-state index in [-0.39, 0.29) is 22.2 Å². The molecule has 19 heavy (non-hydrogen) atoms. The third-order valence-corrected chi connectivity index (χ3v) is 2.97. The van der Waals surface area contributed by atoms with Gasteiger partial charge in [-0.2, -0.15) is 18.4 Å². The Balaban J connectivity index is 3.35. The molecule has 0 spiro atoms. The minimum atomic E-state index is -4.63. The molecule has 0 saturated carbocycles. The van der Waals surface area contributed by atoms with Crippen molar-refractivity contribution in [3.8, 4) is 6.07 Å². The molecule has 7 heteroatoms. The largest absolute Gasteiger partial charge is 0.466 e. The normalized spacial score (nSPS) is 10.9. The zero-order valence-electron chi connectivity index (χ0n) is 9.84. The number of carbonyl (C=O) groups is 1. The maximum absolute atomic E-state index is 12.9. The van der Waals surface area contributed by atoms with Crippen molar-refractivity contribution < 1.29 is 22.7 Å². The van der Waals surface area contributed by atoms with Gasteiger partial charge in [-0.15, -0.1) is 0 Å². The van der Waals surface area contributed by atoms with Crippen LogP contribution in [0.4, 0.5) is 13.2 Å². The fourth-order valence-corrected chi connectivity index (χ4v) is 2.01. The standard InChI is InChI=1S/C12H9BrF3NO2/c1-2-19-11(18)5-7-8(6-17)10(13)4-3-9(7)12(14,15)16/h3-4H,2,5H2,1H3. The van der Waals surface area contributed by atoms with Gasteiger partial charge in [0.25, 0.3) is 0 Å². The number of carbonyl (C=O) groups excluding carboxylic acids is 1. The molecule has 0 aliphatic rings. The fraction of sp³-hybridized carbons (Fsp3) is 0.333. The van der Waals surface area contributed by atoms with E-state index in [1.165, 1.54) is 0 Å². The third-order valence-electron chi connectivity index (χ3n) is 2.31. The molecule has 0 aliphatic carbocycles. The second kappa shape index (κ2) is 6.06. The van der Waals surface area contributed by atoms with E-state index in [9.17, 15) is 18.0 Å². The summed E-state index contributed by atoms with van der Waals surface area (Å²) in [4.78, 5) is 11.4. The summed E-state index contributed by atoms with van der Waals surface area (Å²) in [5.74, 6) is -0.803. The predicted octanol–water partition coefficient (Wildman–Crippen LogP) is 3.45. The minimum absolute atomic E-state index is 0.0656. The highest BCUT2D eigenvalue weighted by Crippen LogP contribution is 2.36. The van der Waals surface area contributed by atoms with Gasteiger partial charge in [0.15, 0.2) is 0 Å². The van der Waals surface area contributed by atoms with E-state index in [0.29, 0.717) is 0 Å². The molecule has 0 heterocycles. The number of nitriles is 1. The second-order valence-corrected chi connectivity index (χ2v) is 4.39. The number of ether oxygens (including phenoxy) is 1. The maximum Gasteiger partial charge on any atom is 0.416 e. The molecular formula is C12H9BrF3NO2. The van der Waals surface area contributed by atoms with E-state index >= 15 is 0 Å². The van der Waals surface area contributed by atoms with Crippen LogP contribution >= 0.6 is 15.9 Å². The number of hydrogen-bond acceptors (Lipinski definition) is 3. The molecule has 0 fully saturated rings. The summed E-state index contributed by atoms with van der Waals surface area (Å²) in [6.07, 6.45) is -5.22. The number of benzene rings is 1. The summed E-state index contributed by atoms with van der Waals surface area (Å²) in [6, 6.07) is 3.64. The van der Waals surface area contributed by atoms with Crippen LogP contribution in [0.3, 0.4) is 0 Å². The molecular weight excluding hydrogens is 327 g/mol. The van der Waals surface area contributed by atoms with Crippen LogP contribution in [0.15, 0.2) is 16.6 Å². The van der Waals surface area contributed by atoms with E-state index in [1.807, 2.05) is 0 Å². The van der Waals surface area contributed by atoms with Crippen molar-refractivity contribution >= 4 is 21.9 Å². The van der Waals surface area contributed by atoms with Crippen LogP contribution in [0.1, 0.15) is 23.6 Å². The highest BCUT2D eigenvalue weighted by Gasteiger charge is 2.35. The van der Waals surface area contributed by atoms with Gasteiger partial charge in [0.05, 0.1) is 24.2 Å². The topological polar surface area (TPSA) is 50.1 Å². The van der Waals surface area contributed by atoms with E-state index in [1.54, 1.807) is 13.0 Å². The average molecular weight is 336 g/mol. The Labute approximate surface area is 116 Å². The van der Waals surface area contributed by atoms with Gasteiger partial charge in [-0.05, 0) is 40.5 Å². The molecule has 3 nitrogen and oxygen atoms in total. The third kappa shape index (κ3) is 3.70. The molecule has 0 unspecified atom stereocenters. The SMILES string of the molecule is CCOC(=O)Cc1c(C(F)(F)F)ccc(Br)c1C#N. The van der Waals surface area contributed by atoms with Crippen molar-refractivity contribution in [3.05, 3.63) is 33.3 Å². The van der Waals surface area contributed by atoms with Crippen molar-refractivity contribution in [2.75, 3.05) is 6.61 Å². The van der Waals surface area contributed by atoms with Crippen LogP contribution < -0.4 is 0 Å². The predicted molar refractivity (Wildman–Crippen MR) is 64.2 cm³/mol. The van der Waals surface area contributed by atoms with Gasteiger partial charge >= 0.3 is 12.1 Å². The van der Waals surface area contributed by atoms with Gasteiger partial charge in [0.2, 0.25) is 0 Å². The summed E-state index contributed by atoms with van der Waals surface area (Å²) in [6.45, 7) is 1.62. The van der Waals surface area contributed by atoms with Crippen LogP contribution in [0.5, 0.6) is 0 Å². The number of nitrogens with zero attached hydrogens (tertiary/aromatic N) is 1. The van der Waals surface area contributed by atoms with E-state index < -0.39 is 24.1 Å². The Morgan fingerprint density at radius 1 is 1.47 bits per heavy atom. The first kappa shape index (κ1) is 15.5. The number of alkyl halides is 3. The van der Waals surface area contributed by atoms with Crippen molar-refractivity contribution in [3.63, 3.8) is 0 Å². The molecule has 0 radical (unpaired) electrons. The van der Waals surface area contributed by atoms with E-state index in [4.69, 9.17) is 5.26 Å². The fourth-order valence-electron chi connectivity index (χ4n) is 1.55. The van der Waals surface area contributed by atoms with Crippen LogP contribution in [0, 0.1) is 11.3 Å². The first-order valence-corrected chi connectivity index (χ1v) is 6.04. The molecule has 0 aliphatic heterocycles. The molecule has 102 valence electrons. The minimum Gasteiger partial charge on any atom is -0.466 e. The molecule has 1 rings (SSSR count). The molecule has 0 bridgehead atoms. The van der Waals surface area contributed by atoms with Gasteiger partial charge in [-0.25, -0.2) is 0 Å². The quantitative estimate of drug-likeness (QED) is 0.795. The highest BCUT2D eigenvalue weighted by molar-refractivity contribution is 9.10. The molecule has 0 aromatic heterocycles. The molecule has 0 saturated heterocycles. The lowest BCUT2D eigenvalue weighted by Crippen LogP contribution is -2.16. The Morgan fingerprint density at radius 3 is 2.58 bits per heavy atom. The van der Waals surface area contributed by atoms with Crippen LogP contribution in [0.2, 0.25) is 0 Å². The Bertz CT molecular complexity index is 535. The first-order chi connectivity index (χ1) is 8.81. The van der Waals surface area contributed by atoms with Gasteiger partial charge in [-0.3, -0.25) is 4.79 Å². The second-order valence-electron chi connectivity index (χ2n) is 3.54. The van der Waals surface area contributed by atoms with Crippen LogP contribution in [-0.2, 0) is 22.1 Å². The number of hydrogen-bond donors (Lipinski definition) is 0. The van der Waals surface area contributed by atoms with E-state index in [0.717, 1.165) is 12.1 Å². The van der Waals surface area contributed by atoms with Gasteiger partial charge in [0.1, 0.15) is 6.07 Å². The zero-order valence-corrected chi connectivity index (χ0v) is 11.4. The van der Waals surface area contributed by atoms with Gasteiger partial charge in [-0.1, -0.05) is 0 Å². The molecule has 0 N–H and O–H groups in total. The number of esters is 1. The lowest BCUT2D eigenvalue weighted by atomic mass is 9.98. The lowest BCUT2D eigenvalue weighted by molar-refractivity contribution is -0.143. The summed E-state index contributed by atoms with van der Waals surface area (Å²) < 4.78 is 43.4. The lowest BCUT2D eigenvalue weighted by Gasteiger charge is -2.14. The van der Waals surface area contributed by atoms with Gasteiger partial charge < -0.3 is 4.74 Å². The number of halogens is 4. The Morgan fingerprint density at radius 2 is 2.11 bits per heavy atom. The molecule has 0 atom stereocenters. The summed E-state index contributed by atoms with van der Waals surface area (Å²) in [5, 5.41) is 8.93. The summed E-state index contributed by atoms with van der Waals surface area (Å²) >= 11 is 3.00. The van der Waals surface area contributed by atoms with Crippen LogP contribution in [0.25, 0.3) is 0 Å². The summed E-state index contributed by atoms with van der Waals surface area (Å²) in [5.41, 5.74) is -1.58. The van der Waals surface area contributed by atoms with Crippen LogP contribution in [-0.4, -0.2) is 12.6 Å². The van der Waals surface area contributed by atoms with Crippen molar-refractivity contribution in [1.29, 1.82) is 5.26 Å². The van der Waals surface area contributed by atoms with Crippen molar-refractivity contribution in [2.24, 2.45) is 0 Å². The van der Waals surface area contributed by atoms with Crippen molar-refractivity contribution in [1.82, 2.24) is 0 Å². The molecule has 0 amide bonds. The molecule has 1 aromatic rings. The monoisotopic (exact) mass is 335 g/mol. The Hall–Kier alpha value is -1.55. The van der Waals surface area contributed by atoms with Gasteiger partial charge in [0, 0.05) is 4.47 Å². The van der Waals surface area contributed by atoms with E-state index in [2.05, 4.69) is 20.7 Å².